The normalized spacial score (nSPS) is 20.7. The number of rotatable bonds is 2. The van der Waals surface area contributed by atoms with E-state index in [-0.39, 0.29) is 6.04 Å². The van der Waals surface area contributed by atoms with Crippen molar-refractivity contribution in [2.75, 3.05) is 0 Å². The third-order valence-electron chi connectivity index (χ3n) is 3.85. The molecule has 1 unspecified atom stereocenters. The van der Waals surface area contributed by atoms with E-state index in [1.54, 1.807) is 0 Å². The zero-order valence-electron chi connectivity index (χ0n) is 10.5. The van der Waals surface area contributed by atoms with Crippen LogP contribution in [0.1, 0.15) is 61.7 Å². The first kappa shape index (κ1) is 11.7. The van der Waals surface area contributed by atoms with Crippen molar-refractivity contribution >= 4 is 0 Å². The van der Waals surface area contributed by atoms with Gasteiger partial charge in [-0.15, -0.1) is 0 Å². The van der Waals surface area contributed by atoms with Gasteiger partial charge in [0.2, 0.25) is 0 Å². The highest BCUT2D eigenvalue weighted by Gasteiger charge is 2.23. The van der Waals surface area contributed by atoms with E-state index < -0.39 is 0 Å². The Hall–Kier alpha value is -0.760. The fourth-order valence-corrected chi connectivity index (χ4v) is 2.91. The summed E-state index contributed by atoms with van der Waals surface area (Å²) in [6, 6.07) is 2.29. The Kier molecular flexibility index (Phi) is 3.70. The molecule has 2 nitrogen and oxygen atoms in total. The van der Waals surface area contributed by atoms with Crippen LogP contribution in [0.5, 0.6) is 0 Å². The van der Waals surface area contributed by atoms with Crippen LogP contribution in [0.25, 0.3) is 0 Å². The van der Waals surface area contributed by atoms with Gasteiger partial charge in [0.1, 0.15) is 11.5 Å². The predicted octanol–water partition coefficient (Wildman–Crippen LogP) is 3.87. The van der Waals surface area contributed by atoms with Gasteiger partial charge >= 0.3 is 0 Å². The Morgan fingerprint density at radius 2 is 1.81 bits per heavy atom. The molecule has 0 aromatic carbocycles. The molecule has 2 rings (SSSR count). The van der Waals surface area contributed by atoms with E-state index in [2.05, 4.69) is 6.07 Å². The smallest absolute Gasteiger partial charge is 0.105 e. The van der Waals surface area contributed by atoms with E-state index in [1.165, 1.54) is 44.1 Å². The largest absolute Gasteiger partial charge is 0.466 e. The third-order valence-corrected chi connectivity index (χ3v) is 3.85. The van der Waals surface area contributed by atoms with Crippen molar-refractivity contribution in [2.24, 2.45) is 11.7 Å². The predicted molar refractivity (Wildman–Crippen MR) is 66.3 cm³/mol. The Labute approximate surface area is 98.2 Å². The molecule has 0 saturated heterocycles. The van der Waals surface area contributed by atoms with Crippen molar-refractivity contribution < 1.29 is 4.42 Å². The van der Waals surface area contributed by atoms with Crippen LogP contribution < -0.4 is 5.73 Å². The summed E-state index contributed by atoms with van der Waals surface area (Å²) < 4.78 is 5.58. The van der Waals surface area contributed by atoms with Crippen molar-refractivity contribution in [1.29, 1.82) is 0 Å². The molecule has 2 N–H and O–H groups in total. The minimum Gasteiger partial charge on any atom is -0.466 e. The molecule has 0 radical (unpaired) electrons. The summed E-state index contributed by atoms with van der Waals surface area (Å²) in [6.07, 6.45) is 8.01. The van der Waals surface area contributed by atoms with Gasteiger partial charge in [0.15, 0.2) is 0 Å². The Balaban J connectivity index is 2.10. The molecular formula is C14H23NO. The molecule has 0 aliphatic heterocycles. The minimum absolute atomic E-state index is 0.176. The summed E-state index contributed by atoms with van der Waals surface area (Å²) in [4.78, 5) is 0. The maximum absolute atomic E-state index is 6.39. The second kappa shape index (κ2) is 5.05. The van der Waals surface area contributed by atoms with E-state index in [9.17, 15) is 0 Å². The molecule has 1 aliphatic carbocycles. The maximum Gasteiger partial charge on any atom is 0.105 e. The molecule has 1 saturated carbocycles. The van der Waals surface area contributed by atoms with Gasteiger partial charge < -0.3 is 10.2 Å². The Bertz CT molecular complexity index is 335. The van der Waals surface area contributed by atoms with Crippen molar-refractivity contribution in [2.45, 2.75) is 58.4 Å². The van der Waals surface area contributed by atoms with Crippen LogP contribution in [0.3, 0.4) is 0 Å². The van der Waals surface area contributed by atoms with Gasteiger partial charge in [0, 0.05) is 11.6 Å². The fraction of sp³-hybridized carbons (Fsp3) is 0.714. The SMILES string of the molecule is Cc1cc(C(N)C2CCCCCC2)c(C)o1. The van der Waals surface area contributed by atoms with Crippen molar-refractivity contribution in [1.82, 2.24) is 0 Å². The van der Waals surface area contributed by atoms with Crippen LogP contribution in [0, 0.1) is 19.8 Å². The van der Waals surface area contributed by atoms with Gasteiger partial charge in [0.25, 0.3) is 0 Å². The van der Waals surface area contributed by atoms with Gasteiger partial charge in [-0.2, -0.15) is 0 Å². The van der Waals surface area contributed by atoms with Crippen molar-refractivity contribution in [3.63, 3.8) is 0 Å². The monoisotopic (exact) mass is 221 g/mol. The average molecular weight is 221 g/mol. The Morgan fingerprint density at radius 3 is 2.31 bits per heavy atom. The van der Waals surface area contributed by atoms with Crippen molar-refractivity contribution in [3.05, 3.63) is 23.2 Å². The highest BCUT2D eigenvalue weighted by atomic mass is 16.3. The molecule has 1 aromatic heterocycles. The lowest BCUT2D eigenvalue weighted by Crippen LogP contribution is -2.21. The fourth-order valence-electron chi connectivity index (χ4n) is 2.91. The summed E-state index contributed by atoms with van der Waals surface area (Å²) in [5.41, 5.74) is 7.62. The molecule has 0 bridgehead atoms. The summed E-state index contributed by atoms with van der Waals surface area (Å²) in [5.74, 6) is 2.64. The van der Waals surface area contributed by atoms with Crippen LogP contribution in [0.2, 0.25) is 0 Å². The molecular weight excluding hydrogens is 198 g/mol. The molecule has 90 valence electrons. The summed E-state index contributed by atoms with van der Waals surface area (Å²) in [6.45, 7) is 4.02. The van der Waals surface area contributed by atoms with E-state index in [1.807, 2.05) is 13.8 Å². The zero-order valence-corrected chi connectivity index (χ0v) is 10.5. The van der Waals surface area contributed by atoms with Crippen LogP contribution in [0.4, 0.5) is 0 Å². The average Bonchev–Trinajstić information content (AvgIpc) is 2.49. The zero-order chi connectivity index (χ0) is 11.5. The third kappa shape index (κ3) is 2.49. The van der Waals surface area contributed by atoms with E-state index >= 15 is 0 Å². The van der Waals surface area contributed by atoms with Gasteiger partial charge in [-0.3, -0.25) is 0 Å². The number of hydrogen-bond acceptors (Lipinski definition) is 2. The molecule has 0 amide bonds. The number of nitrogens with two attached hydrogens (primary N) is 1. The molecule has 0 spiro atoms. The van der Waals surface area contributed by atoms with Gasteiger partial charge in [-0.1, -0.05) is 25.7 Å². The molecule has 16 heavy (non-hydrogen) atoms. The van der Waals surface area contributed by atoms with E-state index in [0.29, 0.717) is 5.92 Å². The van der Waals surface area contributed by atoms with Crippen LogP contribution in [-0.2, 0) is 0 Å². The highest BCUT2D eigenvalue weighted by Crippen LogP contribution is 2.34. The summed E-state index contributed by atoms with van der Waals surface area (Å²) in [7, 11) is 0. The lowest BCUT2D eigenvalue weighted by atomic mass is 9.88. The summed E-state index contributed by atoms with van der Waals surface area (Å²) >= 11 is 0. The van der Waals surface area contributed by atoms with Gasteiger partial charge in [-0.25, -0.2) is 0 Å². The first-order valence-corrected chi connectivity index (χ1v) is 6.51. The second-order valence-electron chi connectivity index (χ2n) is 5.15. The second-order valence-corrected chi connectivity index (χ2v) is 5.15. The molecule has 1 atom stereocenters. The minimum atomic E-state index is 0.176. The molecule has 1 heterocycles. The van der Waals surface area contributed by atoms with E-state index in [4.69, 9.17) is 10.2 Å². The Morgan fingerprint density at radius 1 is 1.19 bits per heavy atom. The standard InChI is InChI=1S/C14H23NO/c1-10-9-13(11(2)16-10)14(15)12-7-5-3-4-6-8-12/h9,12,14H,3-8,15H2,1-2H3. The number of furan rings is 1. The topological polar surface area (TPSA) is 39.2 Å². The van der Waals surface area contributed by atoms with Gasteiger partial charge in [-0.05, 0) is 38.7 Å². The lowest BCUT2D eigenvalue weighted by Gasteiger charge is -2.21. The van der Waals surface area contributed by atoms with Crippen molar-refractivity contribution in [3.8, 4) is 0 Å². The first-order valence-electron chi connectivity index (χ1n) is 6.51. The van der Waals surface area contributed by atoms with Crippen LogP contribution in [-0.4, -0.2) is 0 Å². The molecule has 1 aromatic rings. The maximum atomic E-state index is 6.39. The number of hydrogen-bond donors (Lipinski definition) is 1. The highest BCUT2D eigenvalue weighted by molar-refractivity contribution is 5.24. The molecule has 1 aliphatic rings. The quantitative estimate of drug-likeness (QED) is 0.770. The molecule has 1 fully saturated rings. The van der Waals surface area contributed by atoms with Gasteiger partial charge in [0.05, 0.1) is 0 Å². The first-order chi connectivity index (χ1) is 7.68. The summed E-state index contributed by atoms with van der Waals surface area (Å²) in [5, 5.41) is 0. The number of aryl methyl sites for hydroxylation is 2. The molecule has 2 heteroatoms. The lowest BCUT2D eigenvalue weighted by molar-refractivity contribution is 0.377. The van der Waals surface area contributed by atoms with E-state index in [0.717, 1.165) is 11.5 Å². The van der Waals surface area contributed by atoms with Crippen LogP contribution in [0.15, 0.2) is 10.5 Å². The van der Waals surface area contributed by atoms with Crippen LogP contribution >= 0.6 is 0 Å².